The number of hydrogen-bond acceptors (Lipinski definition) is 7. The molecule has 2 N–H and O–H groups in total. The van der Waals surface area contributed by atoms with Gasteiger partial charge in [-0.3, -0.25) is 14.2 Å². The number of aryl methyl sites for hydroxylation is 2. The van der Waals surface area contributed by atoms with Crippen molar-refractivity contribution in [3.8, 4) is 22.9 Å². The van der Waals surface area contributed by atoms with Crippen molar-refractivity contribution in [3.63, 3.8) is 0 Å². The summed E-state index contributed by atoms with van der Waals surface area (Å²) in [5, 5.41) is 16.3. The highest BCUT2D eigenvalue weighted by molar-refractivity contribution is 6.33. The van der Waals surface area contributed by atoms with Gasteiger partial charge >= 0.3 is 0 Å². The molecule has 0 saturated heterocycles. The van der Waals surface area contributed by atoms with Gasteiger partial charge in [0.2, 0.25) is 5.95 Å². The van der Waals surface area contributed by atoms with Crippen molar-refractivity contribution < 1.29 is 9.53 Å². The molecule has 0 fully saturated rings. The Morgan fingerprint density at radius 1 is 1.17 bits per heavy atom. The molecule has 0 bridgehead atoms. The maximum atomic E-state index is 13.9. The van der Waals surface area contributed by atoms with Crippen LogP contribution in [0.4, 0.5) is 11.6 Å². The number of halogens is 1. The Morgan fingerprint density at radius 3 is 2.63 bits per heavy atom. The molecule has 4 rings (SSSR count). The average Bonchev–Trinajstić information content (AvgIpc) is 2.95. The maximum absolute atomic E-state index is 13.9. The van der Waals surface area contributed by atoms with E-state index in [1.165, 1.54) is 0 Å². The fourth-order valence-electron chi connectivity index (χ4n) is 4.34. The van der Waals surface area contributed by atoms with Gasteiger partial charge < -0.3 is 15.4 Å². The lowest BCUT2D eigenvalue weighted by atomic mass is 9.93. The number of aromatic nitrogens is 3. The van der Waals surface area contributed by atoms with Crippen LogP contribution in [0.15, 0.2) is 71.2 Å². The van der Waals surface area contributed by atoms with Crippen molar-refractivity contribution in [2.75, 3.05) is 24.8 Å². The van der Waals surface area contributed by atoms with Crippen LogP contribution < -0.4 is 20.9 Å². The van der Waals surface area contributed by atoms with E-state index >= 15 is 0 Å². The first-order chi connectivity index (χ1) is 19.5. The lowest BCUT2D eigenvalue weighted by molar-refractivity contribution is -0.112. The van der Waals surface area contributed by atoms with E-state index in [1.54, 1.807) is 61.3 Å². The van der Waals surface area contributed by atoms with Crippen LogP contribution in [0.25, 0.3) is 22.2 Å². The summed E-state index contributed by atoms with van der Waals surface area (Å²) in [5.41, 5.74) is 2.33. The number of methoxy groups -OCH3 is 1. The second-order valence-electron chi connectivity index (χ2n) is 10.5. The zero-order valence-corrected chi connectivity index (χ0v) is 24.3. The number of carbonyl (C=O) groups excluding carboxylic acids is 1. The molecular weight excluding hydrogens is 540 g/mol. The number of hydrogen-bond donors (Lipinski definition) is 2. The van der Waals surface area contributed by atoms with Crippen molar-refractivity contribution in [2.24, 2.45) is 5.41 Å². The lowest BCUT2D eigenvalue weighted by Crippen LogP contribution is -2.24. The first-order valence-electron chi connectivity index (χ1n) is 13.0. The lowest BCUT2D eigenvalue weighted by Gasteiger charge is -2.15. The molecule has 0 spiro atoms. The molecule has 41 heavy (non-hydrogen) atoms. The van der Waals surface area contributed by atoms with E-state index in [9.17, 15) is 14.9 Å². The average molecular weight is 571 g/mol. The summed E-state index contributed by atoms with van der Waals surface area (Å²) in [6.45, 7) is 6.07. The number of carbonyl (C=O) groups is 1. The highest BCUT2D eigenvalue weighted by atomic mass is 35.5. The van der Waals surface area contributed by atoms with Crippen molar-refractivity contribution in [1.82, 2.24) is 14.5 Å². The number of ether oxygens (including phenoxy) is 1. The molecule has 4 aromatic rings. The van der Waals surface area contributed by atoms with Gasteiger partial charge in [-0.15, -0.1) is 0 Å². The Balaban J connectivity index is 1.70. The maximum Gasteiger partial charge on any atom is 0.265 e. The monoisotopic (exact) mass is 570 g/mol. The number of pyridine rings is 1. The zero-order valence-electron chi connectivity index (χ0n) is 23.6. The van der Waals surface area contributed by atoms with Gasteiger partial charge in [0.15, 0.2) is 0 Å². The van der Waals surface area contributed by atoms with Gasteiger partial charge in [-0.05, 0) is 53.8 Å². The van der Waals surface area contributed by atoms with E-state index in [0.717, 1.165) is 5.56 Å². The molecule has 9 nitrogen and oxygen atoms in total. The molecule has 0 atom stereocenters. The van der Waals surface area contributed by atoms with Gasteiger partial charge in [-0.25, -0.2) is 4.98 Å². The Hall–Kier alpha value is -4.68. The Bertz CT molecular complexity index is 1750. The van der Waals surface area contributed by atoms with Crippen molar-refractivity contribution in [3.05, 3.63) is 87.3 Å². The summed E-state index contributed by atoms with van der Waals surface area (Å²) >= 11 is 6.51. The van der Waals surface area contributed by atoms with Gasteiger partial charge in [0.25, 0.3) is 11.5 Å². The summed E-state index contributed by atoms with van der Waals surface area (Å²) in [5.74, 6) is 0.494. The molecule has 0 aliphatic rings. The molecule has 210 valence electrons. The number of benzene rings is 2. The molecule has 0 unspecified atom stereocenters. The molecule has 2 heterocycles. The molecule has 10 heteroatoms. The van der Waals surface area contributed by atoms with Crippen molar-refractivity contribution in [1.29, 1.82) is 5.26 Å². The summed E-state index contributed by atoms with van der Waals surface area (Å²) in [6.07, 6.45) is 3.78. The fraction of sp³-hybridized carbons (Fsp3) is 0.258. The van der Waals surface area contributed by atoms with Crippen LogP contribution >= 0.6 is 11.6 Å². The number of amides is 1. The van der Waals surface area contributed by atoms with Crippen molar-refractivity contribution in [2.45, 2.75) is 33.7 Å². The van der Waals surface area contributed by atoms with Gasteiger partial charge in [0.05, 0.1) is 7.11 Å². The molecule has 0 aliphatic heterocycles. The van der Waals surface area contributed by atoms with Crippen LogP contribution in [0.3, 0.4) is 0 Å². The largest absolute Gasteiger partial charge is 0.497 e. The summed E-state index contributed by atoms with van der Waals surface area (Å²) in [6, 6.07) is 16.2. The van der Waals surface area contributed by atoms with E-state index in [-0.39, 0.29) is 16.5 Å². The van der Waals surface area contributed by atoms with E-state index < -0.39 is 5.91 Å². The second-order valence-corrected chi connectivity index (χ2v) is 10.9. The molecule has 0 radical (unpaired) electrons. The Labute approximate surface area is 243 Å². The molecule has 2 aromatic carbocycles. The van der Waals surface area contributed by atoms with Crippen LogP contribution in [0, 0.1) is 16.7 Å². The fourth-order valence-corrected chi connectivity index (χ4v) is 4.56. The molecule has 1 amide bonds. The first kappa shape index (κ1) is 29.3. The summed E-state index contributed by atoms with van der Waals surface area (Å²) < 4.78 is 6.96. The van der Waals surface area contributed by atoms with E-state index in [2.05, 4.69) is 20.6 Å². The third kappa shape index (κ3) is 6.91. The van der Waals surface area contributed by atoms with Gasteiger partial charge in [0, 0.05) is 47.0 Å². The number of anilines is 2. The normalized spacial score (nSPS) is 11.7. The van der Waals surface area contributed by atoms with E-state index in [0.29, 0.717) is 57.5 Å². The first-order valence-corrected chi connectivity index (χ1v) is 13.4. The van der Waals surface area contributed by atoms with Gasteiger partial charge in [-0.1, -0.05) is 50.6 Å². The predicted octanol–water partition coefficient (Wildman–Crippen LogP) is 5.84. The van der Waals surface area contributed by atoms with Crippen LogP contribution in [0.5, 0.6) is 5.75 Å². The molecule has 0 aliphatic carbocycles. The molecule has 0 saturated carbocycles. The highest BCUT2D eigenvalue weighted by Crippen LogP contribution is 2.31. The van der Waals surface area contributed by atoms with Crippen molar-refractivity contribution >= 4 is 40.2 Å². The number of rotatable bonds is 8. The van der Waals surface area contributed by atoms with Gasteiger partial charge in [0.1, 0.15) is 23.0 Å². The topological polar surface area (TPSA) is 122 Å². The Morgan fingerprint density at radius 2 is 1.95 bits per heavy atom. The number of fused-ring (bicyclic) bond motifs is 1. The smallest absolute Gasteiger partial charge is 0.265 e. The third-order valence-corrected chi connectivity index (χ3v) is 6.60. The minimum Gasteiger partial charge on any atom is -0.497 e. The highest BCUT2D eigenvalue weighted by Gasteiger charge is 2.17. The van der Waals surface area contributed by atoms with Gasteiger partial charge in [-0.2, -0.15) is 10.2 Å². The van der Waals surface area contributed by atoms with Crippen LogP contribution in [0.2, 0.25) is 5.02 Å². The van der Waals surface area contributed by atoms with Crippen LogP contribution in [-0.2, 0) is 17.8 Å². The number of nitrogens with zero attached hydrogens (tertiary/aromatic N) is 4. The molecule has 2 aromatic heterocycles. The SMILES string of the molecule is CNc1ncc2cc(-c3cc(OC)ccc3Cl)c(=O)n(CCc3cccc(NC(=O)C(C#N)=CC(C)(C)C)c3)c2n1. The standard InChI is InChI=1S/C31H31ClN6O3/c1-31(2,3)16-21(17-33)28(39)36-22-8-6-7-19(13-22)11-12-38-27-20(18-35-30(34-4)37-27)14-25(29(38)40)24-15-23(41-5)9-10-26(24)32/h6-10,13-16,18H,11-12H2,1-5H3,(H,36,39)(H,34,35,37). The van der Waals surface area contributed by atoms with Crippen LogP contribution in [0.1, 0.15) is 26.3 Å². The minimum absolute atomic E-state index is 0.0500. The zero-order chi connectivity index (χ0) is 29.7. The van der Waals surface area contributed by atoms with E-state index in [4.69, 9.17) is 16.3 Å². The summed E-state index contributed by atoms with van der Waals surface area (Å²) in [7, 11) is 3.26. The number of allylic oxidation sites excluding steroid dienone is 1. The summed E-state index contributed by atoms with van der Waals surface area (Å²) in [4.78, 5) is 35.5. The molecular formula is C31H31ClN6O3. The quantitative estimate of drug-likeness (QED) is 0.201. The second kappa shape index (κ2) is 12.2. The Kier molecular flexibility index (Phi) is 8.74. The third-order valence-electron chi connectivity index (χ3n) is 6.27. The van der Waals surface area contributed by atoms with E-state index in [1.807, 2.05) is 45.0 Å². The number of nitriles is 1. The van der Waals surface area contributed by atoms with Crippen LogP contribution in [-0.4, -0.2) is 34.6 Å². The number of nitrogens with one attached hydrogen (secondary N) is 2. The predicted molar refractivity (Wildman–Crippen MR) is 162 cm³/mol. The minimum atomic E-state index is -0.471.